The molecule has 146 valence electrons. The van der Waals surface area contributed by atoms with Gasteiger partial charge in [0.05, 0.1) is 24.4 Å². The number of fused-ring (bicyclic) bond motifs is 1. The van der Waals surface area contributed by atoms with E-state index in [1.807, 2.05) is 24.3 Å². The van der Waals surface area contributed by atoms with Crippen molar-refractivity contribution >= 4 is 28.2 Å². The Labute approximate surface area is 167 Å². The van der Waals surface area contributed by atoms with Crippen LogP contribution < -0.4 is 10.2 Å². The van der Waals surface area contributed by atoms with E-state index in [4.69, 9.17) is 4.74 Å². The Morgan fingerprint density at radius 1 is 1.03 bits per heavy atom. The molecular weight excluding hydrogens is 369 g/mol. The third kappa shape index (κ3) is 3.52. The van der Waals surface area contributed by atoms with Crippen LogP contribution in [0.3, 0.4) is 0 Å². The van der Waals surface area contributed by atoms with Gasteiger partial charge in [0.2, 0.25) is 5.95 Å². The zero-order valence-corrected chi connectivity index (χ0v) is 15.7. The molecule has 0 saturated carbocycles. The molecule has 0 spiro atoms. The summed E-state index contributed by atoms with van der Waals surface area (Å²) in [6.45, 7) is 3.34. The standard InChI is InChI=1S/C22H20FN5O/c23-19-3-1-2-17-18(14-25-21(17)19)20-8-9-24-22(27-20)26-15-4-6-16(7-5-15)28-10-12-29-13-11-28/h1-9,14,25H,10-13H2,(H,24,26,27). The van der Waals surface area contributed by atoms with Crippen LogP contribution in [0.2, 0.25) is 0 Å². The Balaban J connectivity index is 1.38. The van der Waals surface area contributed by atoms with Crippen LogP contribution in [0.25, 0.3) is 22.2 Å². The van der Waals surface area contributed by atoms with Gasteiger partial charge < -0.3 is 19.9 Å². The van der Waals surface area contributed by atoms with E-state index < -0.39 is 0 Å². The number of morpholine rings is 1. The van der Waals surface area contributed by atoms with Gasteiger partial charge in [-0.15, -0.1) is 0 Å². The highest BCUT2D eigenvalue weighted by molar-refractivity contribution is 5.94. The van der Waals surface area contributed by atoms with Crippen molar-refractivity contribution in [2.24, 2.45) is 0 Å². The lowest BCUT2D eigenvalue weighted by molar-refractivity contribution is 0.122. The van der Waals surface area contributed by atoms with Crippen molar-refractivity contribution in [3.63, 3.8) is 0 Å². The van der Waals surface area contributed by atoms with Crippen LogP contribution in [0.5, 0.6) is 0 Å². The summed E-state index contributed by atoms with van der Waals surface area (Å²) in [4.78, 5) is 14.2. The highest BCUT2D eigenvalue weighted by Gasteiger charge is 2.12. The molecule has 1 aliphatic rings. The van der Waals surface area contributed by atoms with Gasteiger partial charge in [-0.2, -0.15) is 0 Å². The number of rotatable bonds is 4. The summed E-state index contributed by atoms with van der Waals surface area (Å²) in [5.41, 5.74) is 4.13. The van der Waals surface area contributed by atoms with Crippen LogP contribution in [0.1, 0.15) is 0 Å². The Hall–Kier alpha value is -3.45. The van der Waals surface area contributed by atoms with Crippen molar-refractivity contribution in [3.8, 4) is 11.3 Å². The van der Waals surface area contributed by atoms with E-state index in [1.165, 1.54) is 11.8 Å². The molecule has 0 aliphatic carbocycles. The highest BCUT2D eigenvalue weighted by atomic mass is 19.1. The number of aromatic amines is 1. The SMILES string of the molecule is Fc1cccc2c(-c3ccnc(Nc4ccc(N5CCOCC5)cc4)n3)c[nH]c12. The van der Waals surface area contributed by atoms with E-state index in [9.17, 15) is 4.39 Å². The minimum absolute atomic E-state index is 0.276. The maximum atomic E-state index is 14.0. The predicted octanol–water partition coefficient (Wildman–Crippen LogP) is 4.34. The second-order valence-corrected chi connectivity index (χ2v) is 6.90. The van der Waals surface area contributed by atoms with Crippen molar-refractivity contribution in [1.82, 2.24) is 15.0 Å². The predicted molar refractivity (Wildman–Crippen MR) is 112 cm³/mol. The third-order valence-corrected chi connectivity index (χ3v) is 5.10. The van der Waals surface area contributed by atoms with Crippen LogP contribution in [0.4, 0.5) is 21.7 Å². The van der Waals surface area contributed by atoms with Gasteiger partial charge in [-0.05, 0) is 36.4 Å². The number of hydrogen-bond acceptors (Lipinski definition) is 5. The van der Waals surface area contributed by atoms with Crippen molar-refractivity contribution < 1.29 is 9.13 Å². The van der Waals surface area contributed by atoms with Gasteiger partial charge in [0.15, 0.2) is 0 Å². The van der Waals surface area contributed by atoms with Crippen molar-refractivity contribution in [3.05, 3.63) is 66.7 Å². The summed E-state index contributed by atoms with van der Waals surface area (Å²) in [5, 5.41) is 4.04. The van der Waals surface area contributed by atoms with Crippen LogP contribution >= 0.6 is 0 Å². The summed E-state index contributed by atoms with van der Waals surface area (Å²) in [5.74, 6) is 0.217. The Morgan fingerprint density at radius 2 is 1.86 bits per heavy atom. The van der Waals surface area contributed by atoms with Crippen molar-refractivity contribution in [2.75, 3.05) is 36.5 Å². The first-order chi connectivity index (χ1) is 14.3. The number of aromatic nitrogens is 3. The molecule has 2 N–H and O–H groups in total. The number of nitrogens with zero attached hydrogens (tertiary/aromatic N) is 3. The molecule has 4 aromatic rings. The molecule has 5 rings (SSSR count). The molecule has 0 unspecified atom stereocenters. The van der Waals surface area contributed by atoms with Gasteiger partial charge in [-0.25, -0.2) is 14.4 Å². The van der Waals surface area contributed by atoms with E-state index in [-0.39, 0.29) is 5.82 Å². The molecule has 2 aromatic heterocycles. The Morgan fingerprint density at radius 3 is 2.69 bits per heavy atom. The molecule has 7 heteroatoms. The monoisotopic (exact) mass is 389 g/mol. The average molecular weight is 389 g/mol. The van der Waals surface area contributed by atoms with Gasteiger partial charge in [0.1, 0.15) is 5.82 Å². The van der Waals surface area contributed by atoms with Gasteiger partial charge in [-0.3, -0.25) is 0 Å². The fourth-order valence-corrected chi connectivity index (χ4v) is 3.60. The molecule has 0 amide bonds. The second kappa shape index (κ2) is 7.52. The molecule has 0 radical (unpaired) electrons. The number of anilines is 3. The molecule has 0 bridgehead atoms. The van der Waals surface area contributed by atoms with E-state index in [0.29, 0.717) is 11.5 Å². The molecule has 29 heavy (non-hydrogen) atoms. The molecular formula is C22H20FN5O. The normalized spacial score (nSPS) is 14.3. The molecule has 6 nitrogen and oxygen atoms in total. The number of benzene rings is 2. The third-order valence-electron chi connectivity index (χ3n) is 5.10. The number of nitrogens with one attached hydrogen (secondary N) is 2. The lowest BCUT2D eigenvalue weighted by Gasteiger charge is -2.28. The zero-order chi connectivity index (χ0) is 19.6. The summed E-state index contributed by atoms with van der Waals surface area (Å²) >= 11 is 0. The topological polar surface area (TPSA) is 66.1 Å². The smallest absolute Gasteiger partial charge is 0.227 e. The number of hydrogen-bond donors (Lipinski definition) is 2. The minimum atomic E-state index is -0.276. The van der Waals surface area contributed by atoms with Gasteiger partial charge >= 0.3 is 0 Å². The first-order valence-electron chi connectivity index (χ1n) is 9.57. The maximum absolute atomic E-state index is 14.0. The average Bonchev–Trinajstić information content (AvgIpc) is 3.21. The second-order valence-electron chi connectivity index (χ2n) is 6.90. The molecule has 1 saturated heterocycles. The van der Waals surface area contributed by atoms with E-state index in [0.717, 1.165) is 48.6 Å². The van der Waals surface area contributed by atoms with Crippen LogP contribution in [-0.4, -0.2) is 41.3 Å². The van der Waals surface area contributed by atoms with Crippen LogP contribution in [-0.2, 0) is 4.74 Å². The number of para-hydroxylation sites is 1. The fourth-order valence-electron chi connectivity index (χ4n) is 3.60. The molecule has 1 aliphatic heterocycles. The van der Waals surface area contributed by atoms with Gasteiger partial charge in [0.25, 0.3) is 0 Å². The molecule has 3 heterocycles. The summed E-state index contributed by atoms with van der Waals surface area (Å²) in [7, 11) is 0. The molecule has 0 atom stereocenters. The number of ether oxygens (including phenoxy) is 1. The van der Waals surface area contributed by atoms with Gasteiger partial charge in [-0.1, -0.05) is 12.1 Å². The van der Waals surface area contributed by atoms with Gasteiger partial charge in [0, 0.05) is 47.8 Å². The van der Waals surface area contributed by atoms with E-state index >= 15 is 0 Å². The maximum Gasteiger partial charge on any atom is 0.227 e. The number of halogens is 1. The first-order valence-corrected chi connectivity index (χ1v) is 9.57. The van der Waals surface area contributed by atoms with Crippen LogP contribution in [0, 0.1) is 5.82 Å². The van der Waals surface area contributed by atoms with Crippen molar-refractivity contribution in [1.29, 1.82) is 0 Å². The minimum Gasteiger partial charge on any atom is -0.378 e. The lowest BCUT2D eigenvalue weighted by atomic mass is 10.1. The summed E-state index contributed by atoms with van der Waals surface area (Å²) in [6, 6.07) is 15.0. The van der Waals surface area contributed by atoms with E-state index in [2.05, 4.69) is 37.3 Å². The summed E-state index contributed by atoms with van der Waals surface area (Å²) < 4.78 is 19.4. The first kappa shape index (κ1) is 17.6. The van der Waals surface area contributed by atoms with Crippen molar-refractivity contribution in [2.45, 2.75) is 0 Å². The lowest BCUT2D eigenvalue weighted by Crippen LogP contribution is -2.36. The largest absolute Gasteiger partial charge is 0.378 e. The molecule has 1 fully saturated rings. The quantitative estimate of drug-likeness (QED) is 0.543. The molecule has 2 aromatic carbocycles. The summed E-state index contributed by atoms with van der Waals surface area (Å²) in [6.07, 6.45) is 3.47. The zero-order valence-electron chi connectivity index (χ0n) is 15.7. The Bertz CT molecular complexity index is 1140. The fraction of sp³-hybridized carbons (Fsp3) is 0.182. The van der Waals surface area contributed by atoms with Crippen LogP contribution in [0.15, 0.2) is 60.9 Å². The Kier molecular flexibility index (Phi) is 4.57. The number of H-pyrrole nitrogens is 1. The van der Waals surface area contributed by atoms with E-state index in [1.54, 1.807) is 18.5 Å². The highest BCUT2D eigenvalue weighted by Crippen LogP contribution is 2.29.